The number of benzene rings is 1. The van der Waals surface area contributed by atoms with Gasteiger partial charge in [0.05, 0.1) is 16.3 Å². The van der Waals surface area contributed by atoms with E-state index in [-0.39, 0.29) is 21.3 Å². The van der Waals surface area contributed by atoms with Crippen molar-refractivity contribution in [2.75, 3.05) is 18.9 Å². The molecule has 2 amide bonds. The van der Waals surface area contributed by atoms with Crippen LogP contribution in [0.1, 0.15) is 17.3 Å². The third-order valence-electron chi connectivity index (χ3n) is 2.37. The molecular weight excluding hydrogens is 303 g/mol. The van der Waals surface area contributed by atoms with Gasteiger partial charge in [0.2, 0.25) is 0 Å². The number of hydrogen-bond acceptors (Lipinski definition) is 2. The van der Waals surface area contributed by atoms with Crippen LogP contribution in [0, 0.1) is 0 Å². The normalized spacial score (nSPS) is 10.0. The van der Waals surface area contributed by atoms with Gasteiger partial charge in [-0.15, -0.1) is 0 Å². The summed E-state index contributed by atoms with van der Waals surface area (Å²) in [5.41, 5.74) is 0.644. The number of aromatic carboxylic acids is 1. The first-order valence-electron chi connectivity index (χ1n) is 5.61. The molecule has 0 aromatic heterocycles. The van der Waals surface area contributed by atoms with Gasteiger partial charge in [0.1, 0.15) is 0 Å². The highest BCUT2D eigenvalue weighted by molar-refractivity contribution is 6.37. The third kappa shape index (κ3) is 4.15. The van der Waals surface area contributed by atoms with Crippen LogP contribution >= 0.6 is 23.2 Å². The topological polar surface area (TPSA) is 69.6 Å². The van der Waals surface area contributed by atoms with Crippen LogP contribution in [0.2, 0.25) is 10.0 Å². The number of carboxylic acids is 1. The number of rotatable bonds is 4. The molecule has 0 radical (unpaired) electrons. The zero-order valence-electron chi connectivity index (χ0n) is 11.0. The van der Waals surface area contributed by atoms with E-state index in [2.05, 4.69) is 11.9 Å². The number of hydrogen-bond donors (Lipinski definition) is 2. The molecule has 0 spiro atoms. The maximum absolute atomic E-state index is 11.9. The van der Waals surface area contributed by atoms with Crippen LogP contribution in [-0.4, -0.2) is 35.6 Å². The van der Waals surface area contributed by atoms with Crippen molar-refractivity contribution in [2.24, 2.45) is 0 Å². The zero-order valence-corrected chi connectivity index (χ0v) is 12.5. The van der Waals surface area contributed by atoms with Gasteiger partial charge < -0.3 is 15.3 Å². The molecule has 1 aromatic carbocycles. The van der Waals surface area contributed by atoms with E-state index >= 15 is 0 Å². The molecule has 0 aliphatic carbocycles. The van der Waals surface area contributed by atoms with Gasteiger partial charge in [-0.2, -0.15) is 0 Å². The number of carbonyl (C=O) groups excluding carboxylic acids is 1. The lowest BCUT2D eigenvalue weighted by Crippen LogP contribution is -2.33. The van der Waals surface area contributed by atoms with Crippen LogP contribution < -0.4 is 5.32 Å². The number of amides is 2. The summed E-state index contributed by atoms with van der Waals surface area (Å²) >= 11 is 11.7. The summed E-state index contributed by atoms with van der Waals surface area (Å²) in [6.07, 6.45) is 0. The SMILES string of the molecule is C=C(C)CN(C)C(=O)Nc1c(Cl)cc(Cl)cc1C(=O)O. The van der Waals surface area contributed by atoms with E-state index in [0.717, 1.165) is 5.57 Å². The lowest BCUT2D eigenvalue weighted by atomic mass is 10.2. The summed E-state index contributed by atoms with van der Waals surface area (Å²) in [6, 6.07) is 2.10. The van der Waals surface area contributed by atoms with Crippen molar-refractivity contribution < 1.29 is 14.7 Å². The fourth-order valence-electron chi connectivity index (χ4n) is 1.55. The molecule has 2 N–H and O–H groups in total. The summed E-state index contributed by atoms with van der Waals surface area (Å²) in [7, 11) is 1.56. The maximum Gasteiger partial charge on any atom is 0.337 e. The van der Waals surface area contributed by atoms with Crippen molar-refractivity contribution in [1.29, 1.82) is 0 Å². The van der Waals surface area contributed by atoms with E-state index in [1.54, 1.807) is 14.0 Å². The van der Waals surface area contributed by atoms with Crippen LogP contribution in [0.4, 0.5) is 10.5 Å². The van der Waals surface area contributed by atoms with Crippen molar-refractivity contribution in [3.63, 3.8) is 0 Å². The molecule has 1 rings (SSSR count). The summed E-state index contributed by atoms with van der Waals surface area (Å²) < 4.78 is 0. The van der Waals surface area contributed by atoms with E-state index in [1.165, 1.54) is 17.0 Å². The van der Waals surface area contributed by atoms with Crippen molar-refractivity contribution in [3.8, 4) is 0 Å². The van der Waals surface area contributed by atoms with Crippen LogP contribution in [0.15, 0.2) is 24.3 Å². The molecule has 5 nitrogen and oxygen atoms in total. The minimum atomic E-state index is -1.23. The first-order chi connectivity index (χ1) is 9.22. The van der Waals surface area contributed by atoms with Gasteiger partial charge in [-0.05, 0) is 19.1 Å². The Morgan fingerprint density at radius 3 is 2.50 bits per heavy atom. The van der Waals surface area contributed by atoms with Gasteiger partial charge in [0, 0.05) is 18.6 Å². The monoisotopic (exact) mass is 316 g/mol. The number of halogens is 2. The summed E-state index contributed by atoms with van der Waals surface area (Å²) in [4.78, 5) is 24.5. The average Bonchev–Trinajstić information content (AvgIpc) is 2.30. The average molecular weight is 317 g/mol. The molecule has 0 bridgehead atoms. The van der Waals surface area contributed by atoms with Gasteiger partial charge in [-0.1, -0.05) is 35.4 Å². The van der Waals surface area contributed by atoms with Gasteiger partial charge in [-0.3, -0.25) is 0 Å². The number of anilines is 1. The van der Waals surface area contributed by atoms with Gasteiger partial charge in [0.25, 0.3) is 0 Å². The summed E-state index contributed by atoms with van der Waals surface area (Å²) in [5, 5.41) is 11.8. The van der Waals surface area contributed by atoms with E-state index in [1.807, 2.05) is 0 Å². The second kappa shape index (κ2) is 6.63. The van der Waals surface area contributed by atoms with Gasteiger partial charge >= 0.3 is 12.0 Å². The van der Waals surface area contributed by atoms with Crippen LogP contribution in [0.3, 0.4) is 0 Å². The lowest BCUT2D eigenvalue weighted by molar-refractivity contribution is 0.0698. The van der Waals surface area contributed by atoms with Crippen molar-refractivity contribution in [1.82, 2.24) is 4.90 Å². The Labute approximate surface area is 126 Å². The molecule has 20 heavy (non-hydrogen) atoms. The number of nitrogens with zero attached hydrogens (tertiary/aromatic N) is 1. The molecule has 0 unspecified atom stereocenters. The largest absolute Gasteiger partial charge is 0.478 e. The predicted octanol–water partition coefficient (Wildman–Crippen LogP) is 3.73. The maximum atomic E-state index is 11.9. The molecule has 0 saturated carbocycles. The Bertz CT molecular complexity index is 573. The smallest absolute Gasteiger partial charge is 0.337 e. The van der Waals surface area contributed by atoms with E-state index < -0.39 is 12.0 Å². The summed E-state index contributed by atoms with van der Waals surface area (Å²) in [6.45, 7) is 5.83. The Hall–Kier alpha value is -1.72. The first-order valence-corrected chi connectivity index (χ1v) is 6.36. The van der Waals surface area contributed by atoms with Gasteiger partial charge in [-0.25, -0.2) is 9.59 Å². The molecular formula is C13H14Cl2N2O3. The Morgan fingerprint density at radius 1 is 1.40 bits per heavy atom. The quantitative estimate of drug-likeness (QED) is 0.831. The first kappa shape index (κ1) is 16.3. The predicted molar refractivity (Wildman–Crippen MR) is 79.9 cm³/mol. The molecule has 0 heterocycles. The highest BCUT2D eigenvalue weighted by Gasteiger charge is 2.18. The second-order valence-corrected chi connectivity index (χ2v) is 5.20. The van der Waals surface area contributed by atoms with E-state index in [4.69, 9.17) is 28.3 Å². The summed E-state index contributed by atoms with van der Waals surface area (Å²) in [5.74, 6) is -1.23. The number of urea groups is 1. The molecule has 7 heteroatoms. The number of carbonyl (C=O) groups is 2. The highest BCUT2D eigenvalue weighted by atomic mass is 35.5. The number of nitrogens with one attached hydrogen (secondary N) is 1. The molecule has 0 saturated heterocycles. The van der Waals surface area contributed by atoms with Crippen molar-refractivity contribution >= 4 is 40.9 Å². The fourth-order valence-corrected chi connectivity index (χ4v) is 2.09. The minimum Gasteiger partial charge on any atom is -0.478 e. The molecule has 1 aromatic rings. The Kier molecular flexibility index (Phi) is 5.42. The zero-order chi connectivity index (χ0) is 15.4. The molecule has 0 aliphatic rings. The standard InChI is InChI=1S/C13H14Cl2N2O3/c1-7(2)6-17(3)13(20)16-11-9(12(18)19)4-8(14)5-10(11)15/h4-5H,1,6H2,2-3H3,(H,16,20)(H,18,19). The fraction of sp³-hybridized carbons (Fsp3) is 0.231. The molecule has 0 aliphatic heterocycles. The van der Waals surface area contributed by atoms with Crippen LogP contribution in [0.25, 0.3) is 0 Å². The van der Waals surface area contributed by atoms with Crippen molar-refractivity contribution in [3.05, 3.63) is 39.9 Å². The molecule has 108 valence electrons. The number of likely N-dealkylation sites (N-methyl/N-ethyl adjacent to an activating group) is 1. The van der Waals surface area contributed by atoms with E-state index in [0.29, 0.717) is 6.54 Å². The van der Waals surface area contributed by atoms with Crippen molar-refractivity contribution in [2.45, 2.75) is 6.92 Å². The third-order valence-corrected chi connectivity index (χ3v) is 2.89. The van der Waals surface area contributed by atoms with E-state index in [9.17, 15) is 9.59 Å². The van der Waals surface area contributed by atoms with Gasteiger partial charge in [0.15, 0.2) is 0 Å². The Balaban J connectivity index is 3.05. The lowest BCUT2D eigenvalue weighted by Gasteiger charge is -2.19. The minimum absolute atomic E-state index is 0.0159. The van der Waals surface area contributed by atoms with Crippen LogP contribution in [-0.2, 0) is 0 Å². The number of carboxylic acid groups (broad SMARTS) is 1. The Morgan fingerprint density at radius 2 is 2.00 bits per heavy atom. The van der Waals surface area contributed by atoms with Crippen LogP contribution in [0.5, 0.6) is 0 Å². The second-order valence-electron chi connectivity index (χ2n) is 4.36. The molecule has 0 atom stereocenters. The highest BCUT2D eigenvalue weighted by Crippen LogP contribution is 2.30. The molecule has 0 fully saturated rings.